The van der Waals surface area contributed by atoms with Crippen LogP contribution in [0.25, 0.3) is 0 Å². The number of nitrogens with zero attached hydrogens (tertiary/aromatic N) is 1. The van der Waals surface area contributed by atoms with Crippen LogP contribution in [-0.2, 0) is 0 Å². The maximum absolute atomic E-state index is 12.2. The Bertz CT molecular complexity index is 488. The minimum atomic E-state index is -0.225. The number of likely N-dealkylation sites (N-methyl/N-ethyl adjacent to an activating group) is 1. The predicted molar refractivity (Wildman–Crippen MR) is 73.7 cm³/mol. The van der Waals surface area contributed by atoms with Crippen molar-refractivity contribution in [2.45, 2.75) is 19.4 Å². The summed E-state index contributed by atoms with van der Waals surface area (Å²) in [6.45, 7) is 1.74. The fourth-order valence-electron chi connectivity index (χ4n) is 1.48. The minimum Gasteiger partial charge on any atom is -0.395 e. The Hall–Kier alpha value is -1.83. The number of rotatable bonds is 4. The van der Waals surface area contributed by atoms with E-state index in [2.05, 4.69) is 11.8 Å². The molecule has 1 aromatic rings. The summed E-state index contributed by atoms with van der Waals surface area (Å²) in [5, 5.41) is 17.7. The molecule has 0 heterocycles. The Balaban J connectivity index is 2.88. The van der Waals surface area contributed by atoms with Gasteiger partial charge in [0.25, 0.3) is 5.91 Å². The third kappa shape index (κ3) is 4.40. The highest BCUT2D eigenvalue weighted by Crippen LogP contribution is 2.09. The summed E-state index contributed by atoms with van der Waals surface area (Å²) in [6, 6.07) is 6.80. The van der Waals surface area contributed by atoms with E-state index in [1.54, 1.807) is 32.2 Å². The van der Waals surface area contributed by atoms with E-state index >= 15 is 0 Å². The van der Waals surface area contributed by atoms with Gasteiger partial charge in [0, 0.05) is 24.6 Å². The molecule has 4 heteroatoms. The number of carbonyl (C=O) groups excluding carboxylic acids is 1. The lowest BCUT2D eigenvalue weighted by Crippen LogP contribution is -2.37. The summed E-state index contributed by atoms with van der Waals surface area (Å²) in [7, 11) is 1.66. The average Bonchev–Trinajstić information content (AvgIpc) is 2.45. The highest BCUT2D eigenvalue weighted by atomic mass is 16.3. The van der Waals surface area contributed by atoms with Crippen molar-refractivity contribution in [1.29, 1.82) is 0 Å². The molecular weight excluding hydrogens is 242 g/mol. The van der Waals surface area contributed by atoms with Gasteiger partial charge in [-0.1, -0.05) is 17.9 Å². The Labute approximate surface area is 113 Å². The third-order valence-electron chi connectivity index (χ3n) is 2.82. The standard InChI is InChI=1S/C15H19NO3/c1-12(11-18)16(2)15(19)14-8-5-7-13(10-14)6-3-4-9-17/h5,7-8,10,12,17-18H,4,9,11H2,1-2H3. The van der Waals surface area contributed by atoms with Crippen LogP contribution in [0.3, 0.4) is 0 Å². The maximum atomic E-state index is 12.2. The van der Waals surface area contributed by atoms with Crippen LogP contribution >= 0.6 is 0 Å². The number of aliphatic hydroxyl groups is 2. The topological polar surface area (TPSA) is 60.8 Å². The normalized spacial score (nSPS) is 11.4. The second-order valence-electron chi connectivity index (χ2n) is 4.30. The van der Waals surface area contributed by atoms with Gasteiger partial charge in [-0.05, 0) is 25.1 Å². The van der Waals surface area contributed by atoms with Gasteiger partial charge in [0.05, 0.1) is 19.3 Å². The van der Waals surface area contributed by atoms with Crippen molar-refractivity contribution in [3.05, 3.63) is 35.4 Å². The molecule has 1 unspecified atom stereocenters. The molecule has 0 saturated carbocycles. The van der Waals surface area contributed by atoms with E-state index in [1.807, 2.05) is 6.07 Å². The Morgan fingerprint density at radius 3 is 2.79 bits per heavy atom. The van der Waals surface area contributed by atoms with E-state index in [-0.39, 0.29) is 25.2 Å². The molecule has 0 aromatic heterocycles. The number of benzene rings is 1. The molecule has 19 heavy (non-hydrogen) atoms. The van der Waals surface area contributed by atoms with Crippen molar-refractivity contribution in [2.75, 3.05) is 20.3 Å². The average molecular weight is 261 g/mol. The highest BCUT2D eigenvalue weighted by molar-refractivity contribution is 5.94. The lowest BCUT2D eigenvalue weighted by molar-refractivity contribution is 0.0682. The van der Waals surface area contributed by atoms with Gasteiger partial charge in [-0.3, -0.25) is 4.79 Å². The molecule has 0 aliphatic rings. The molecule has 4 nitrogen and oxygen atoms in total. The van der Waals surface area contributed by atoms with Gasteiger partial charge in [0.2, 0.25) is 0 Å². The van der Waals surface area contributed by atoms with Gasteiger partial charge in [-0.15, -0.1) is 0 Å². The van der Waals surface area contributed by atoms with E-state index in [1.165, 1.54) is 4.90 Å². The quantitative estimate of drug-likeness (QED) is 0.791. The molecule has 1 rings (SSSR count). The minimum absolute atomic E-state index is 0.0301. The van der Waals surface area contributed by atoms with Gasteiger partial charge >= 0.3 is 0 Å². The summed E-state index contributed by atoms with van der Waals surface area (Å²) < 4.78 is 0. The van der Waals surface area contributed by atoms with Crippen LogP contribution in [0.4, 0.5) is 0 Å². The SMILES string of the molecule is CC(CO)N(C)C(=O)c1cccc(C#CCCO)c1. The van der Waals surface area contributed by atoms with Gasteiger partial charge in [-0.25, -0.2) is 0 Å². The largest absolute Gasteiger partial charge is 0.395 e. The van der Waals surface area contributed by atoms with Crippen LogP contribution in [-0.4, -0.2) is 47.3 Å². The molecule has 102 valence electrons. The molecular formula is C15H19NO3. The second kappa shape index (κ2) is 7.57. The smallest absolute Gasteiger partial charge is 0.253 e. The summed E-state index contributed by atoms with van der Waals surface area (Å²) in [6.07, 6.45) is 0.416. The van der Waals surface area contributed by atoms with Crippen molar-refractivity contribution in [3.63, 3.8) is 0 Å². The summed E-state index contributed by atoms with van der Waals surface area (Å²) in [5.74, 6) is 5.56. The Morgan fingerprint density at radius 2 is 2.16 bits per heavy atom. The third-order valence-corrected chi connectivity index (χ3v) is 2.82. The summed E-state index contributed by atoms with van der Waals surface area (Å²) in [4.78, 5) is 13.7. The van der Waals surface area contributed by atoms with Crippen molar-refractivity contribution in [2.24, 2.45) is 0 Å². The fourth-order valence-corrected chi connectivity index (χ4v) is 1.48. The molecule has 1 amide bonds. The molecule has 0 saturated heterocycles. The van der Waals surface area contributed by atoms with E-state index in [0.29, 0.717) is 12.0 Å². The number of amides is 1. The first-order valence-corrected chi connectivity index (χ1v) is 6.18. The van der Waals surface area contributed by atoms with Gasteiger partial charge < -0.3 is 15.1 Å². The Kier molecular flexibility index (Phi) is 6.07. The zero-order chi connectivity index (χ0) is 14.3. The van der Waals surface area contributed by atoms with Gasteiger partial charge in [0.15, 0.2) is 0 Å². The Morgan fingerprint density at radius 1 is 1.42 bits per heavy atom. The monoisotopic (exact) mass is 261 g/mol. The predicted octanol–water partition coefficient (Wildman–Crippen LogP) is 0.873. The molecule has 0 aliphatic carbocycles. The van der Waals surface area contributed by atoms with Crippen molar-refractivity contribution in [3.8, 4) is 11.8 Å². The van der Waals surface area contributed by atoms with E-state index in [4.69, 9.17) is 10.2 Å². The summed E-state index contributed by atoms with van der Waals surface area (Å²) >= 11 is 0. The first-order valence-electron chi connectivity index (χ1n) is 6.18. The summed E-state index contributed by atoms with van der Waals surface area (Å²) in [5.41, 5.74) is 1.28. The molecule has 1 atom stereocenters. The van der Waals surface area contributed by atoms with Crippen LogP contribution in [0.2, 0.25) is 0 Å². The zero-order valence-corrected chi connectivity index (χ0v) is 11.3. The lowest BCUT2D eigenvalue weighted by Gasteiger charge is -2.23. The number of hydrogen-bond acceptors (Lipinski definition) is 3. The first kappa shape index (κ1) is 15.2. The number of aliphatic hydroxyl groups excluding tert-OH is 2. The van der Waals surface area contributed by atoms with Crippen LogP contribution in [0.15, 0.2) is 24.3 Å². The molecule has 1 aromatic carbocycles. The first-order chi connectivity index (χ1) is 9.10. The van der Waals surface area contributed by atoms with E-state index < -0.39 is 0 Å². The molecule has 0 fully saturated rings. The van der Waals surface area contributed by atoms with Crippen molar-refractivity contribution < 1.29 is 15.0 Å². The number of carbonyl (C=O) groups is 1. The lowest BCUT2D eigenvalue weighted by atomic mass is 10.1. The van der Waals surface area contributed by atoms with Crippen LogP contribution in [0, 0.1) is 11.8 Å². The van der Waals surface area contributed by atoms with Gasteiger partial charge in [0.1, 0.15) is 0 Å². The van der Waals surface area contributed by atoms with Crippen molar-refractivity contribution in [1.82, 2.24) is 4.90 Å². The maximum Gasteiger partial charge on any atom is 0.253 e. The highest BCUT2D eigenvalue weighted by Gasteiger charge is 2.16. The fraction of sp³-hybridized carbons (Fsp3) is 0.400. The van der Waals surface area contributed by atoms with E-state index in [0.717, 1.165) is 5.56 Å². The van der Waals surface area contributed by atoms with E-state index in [9.17, 15) is 4.79 Å². The van der Waals surface area contributed by atoms with Crippen molar-refractivity contribution >= 4 is 5.91 Å². The van der Waals surface area contributed by atoms with Crippen LogP contribution in [0.5, 0.6) is 0 Å². The zero-order valence-electron chi connectivity index (χ0n) is 11.3. The number of hydrogen-bond donors (Lipinski definition) is 2. The molecule has 0 aliphatic heterocycles. The van der Waals surface area contributed by atoms with Gasteiger partial charge in [-0.2, -0.15) is 0 Å². The molecule has 0 radical (unpaired) electrons. The molecule has 0 bridgehead atoms. The second-order valence-corrected chi connectivity index (χ2v) is 4.30. The molecule has 0 spiro atoms. The van der Waals surface area contributed by atoms with Crippen LogP contribution < -0.4 is 0 Å². The van der Waals surface area contributed by atoms with Crippen LogP contribution in [0.1, 0.15) is 29.3 Å². The molecule has 2 N–H and O–H groups in total.